The number of piperidine rings is 1. The van der Waals surface area contributed by atoms with Crippen molar-refractivity contribution in [2.24, 2.45) is 11.8 Å². The van der Waals surface area contributed by atoms with E-state index in [9.17, 15) is 14.7 Å². The molecule has 0 radical (unpaired) electrons. The molecule has 1 heterocycles. The van der Waals surface area contributed by atoms with Gasteiger partial charge in [0.2, 0.25) is 5.91 Å². The van der Waals surface area contributed by atoms with Crippen LogP contribution in [0.4, 0.5) is 0 Å². The molecule has 1 saturated carbocycles. The molecule has 3 N–H and O–H groups in total. The lowest BCUT2D eigenvalue weighted by molar-refractivity contribution is -0.131. The van der Waals surface area contributed by atoms with Crippen molar-refractivity contribution >= 4 is 23.6 Å². The van der Waals surface area contributed by atoms with E-state index >= 15 is 0 Å². The molecule has 4 atom stereocenters. The van der Waals surface area contributed by atoms with Crippen LogP contribution in [0, 0.1) is 18.8 Å². The monoisotopic (exact) mass is 551 g/mol. The normalized spacial score (nSPS) is 22.5. The molecule has 1 aliphatic heterocycles. The molecule has 1 aliphatic carbocycles. The SMILES string of the molecule is Cc1c(O)cccc1C(=O)N[C@H](CCN1C[C@H]2CCCC[C@H]2C[C@H]1C(=O)NC(C)(C)C)CSc1ccccc1. The van der Waals surface area contributed by atoms with Gasteiger partial charge in [0.25, 0.3) is 5.91 Å². The standard InChI is InChI=1S/C32H45N3O3S/c1-22-27(15-10-16-29(22)36)30(37)33-25(21-39-26-13-6-5-7-14-26)17-18-35-20-24-12-9-8-11-23(24)19-28(35)31(38)34-32(2,3)4/h5-7,10,13-16,23-25,28,36H,8-9,11-12,17-21H2,1-4H3,(H,33,37)(H,34,38)/t23-,24+,25+,28-/m0/s1. The van der Waals surface area contributed by atoms with Crippen LogP contribution < -0.4 is 10.6 Å². The predicted octanol–water partition coefficient (Wildman–Crippen LogP) is 5.78. The van der Waals surface area contributed by atoms with Crippen molar-refractivity contribution in [2.75, 3.05) is 18.8 Å². The van der Waals surface area contributed by atoms with Gasteiger partial charge in [-0.05, 0) is 83.1 Å². The van der Waals surface area contributed by atoms with E-state index in [1.54, 1.807) is 36.9 Å². The highest BCUT2D eigenvalue weighted by atomic mass is 32.2. The summed E-state index contributed by atoms with van der Waals surface area (Å²) < 4.78 is 0. The fourth-order valence-corrected chi connectivity index (χ4v) is 7.03. The van der Waals surface area contributed by atoms with Crippen LogP contribution in [-0.4, -0.2) is 58.3 Å². The zero-order chi connectivity index (χ0) is 28.0. The van der Waals surface area contributed by atoms with Gasteiger partial charge in [-0.25, -0.2) is 0 Å². The summed E-state index contributed by atoms with van der Waals surface area (Å²) in [5.41, 5.74) is 0.812. The summed E-state index contributed by atoms with van der Waals surface area (Å²) in [6.07, 6.45) is 6.70. The van der Waals surface area contributed by atoms with Gasteiger partial charge < -0.3 is 15.7 Å². The minimum atomic E-state index is -0.270. The second-order valence-corrected chi connectivity index (χ2v) is 13.4. The summed E-state index contributed by atoms with van der Waals surface area (Å²) in [6.45, 7) is 9.59. The van der Waals surface area contributed by atoms with Crippen LogP contribution >= 0.6 is 11.8 Å². The number of hydrogen-bond acceptors (Lipinski definition) is 5. The third-order valence-corrected chi connectivity index (χ3v) is 9.32. The first-order valence-corrected chi connectivity index (χ1v) is 15.4. The van der Waals surface area contributed by atoms with Crippen molar-refractivity contribution in [1.82, 2.24) is 15.5 Å². The number of amides is 2. The topological polar surface area (TPSA) is 81.7 Å². The Kier molecular flexibility index (Phi) is 10.00. The highest BCUT2D eigenvalue weighted by molar-refractivity contribution is 7.99. The van der Waals surface area contributed by atoms with Gasteiger partial charge in [0, 0.05) is 46.4 Å². The molecule has 39 heavy (non-hydrogen) atoms. The summed E-state index contributed by atoms with van der Waals surface area (Å²) >= 11 is 1.73. The number of rotatable bonds is 9. The Balaban J connectivity index is 1.49. The molecule has 0 spiro atoms. The van der Waals surface area contributed by atoms with E-state index in [0.29, 0.717) is 23.0 Å². The van der Waals surface area contributed by atoms with Crippen molar-refractivity contribution in [3.8, 4) is 5.75 Å². The number of hydrogen-bond donors (Lipinski definition) is 3. The maximum Gasteiger partial charge on any atom is 0.251 e. The highest BCUT2D eigenvalue weighted by Crippen LogP contribution is 2.39. The van der Waals surface area contributed by atoms with Crippen LogP contribution in [0.3, 0.4) is 0 Å². The summed E-state index contributed by atoms with van der Waals surface area (Å²) in [5.74, 6) is 2.09. The van der Waals surface area contributed by atoms with Gasteiger partial charge in [0.15, 0.2) is 0 Å². The van der Waals surface area contributed by atoms with E-state index in [1.165, 1.54) is 25.7 Å². The van der Waals surface area contributed by atoms with Gasteiger partial charge in [0.1, 0.15) is 5.75 Å². The van der Waals surface area contributed by atoms with Crippen molar-refractivity contribution in [1.29, 1.82) is 0 Å². The fourth-order valence-electron chi connectivity index (χ4n) is 6.04. The molecule has 2 amide bonds. The van der Waals surface area contributed by atoms with Gasteiger partial charge in [-0.1, -0.05) is 43.5 Å². The maximum absolute atomic E-state index is 13.4. The van der Waals surface area contributed by atoms with Crippen molar-refractivity contribution < 1.29 is 14.7 Å². The number of likely N-dealkylation sites (tertiary alicyclic amines) is 1. The maximum atomic E-state index is 13.4. The molecule has 6 nitrogen and oxygen atoms in total. The first kappa shape index (κ1) is 29.5. The van der Waals surface area contributed by atoms with Crippen molar-refractivity contribution in [3.05, 3.63) is 59.7 Å². The number of nitrogens with one attached hydrogen (secondary N) is 2. The molecule has 2 fully saturated rings. The molecule has 4 rings (SSSR count). The molecule has 0 unspecified atom stereocenters. The number of nitrogens with zero attached hydrogens (tertiary/aromatic N) is 1. The largest absolute Gasteiger partial charge is 0.508 e. The van der Waals surface area contributed by atoms with Crippen LogP contribution in [0.15, 0.2) is 53.4 Å². The molecule has 2 aromatic rings. The molecule has 1 saturated heterocycles. The highest BCUT2D eigenvalue weighted by Gasteiger charge is 2.40. The summed E-state index contributed by atoms with van der Waals surface area (Å²) in [4.78, 5) is 30.3. The Labute approximate surface area is 238 Å². The van der Waals surface area contributed by atoms with E-state index in [0.717, 1.165) is 36.6 Å². The van der Waals surface area contributed by atoms with Gasteiger partial charge in [0.05, 0.1) is 6.04 Å². The summed E-state index contributed by atoms with van der Waals surface area (Å²) in [5, 5.41) is 16.6. The van der Waals surface area contributed by atoms with Gasteiger partial charge in [-0.15, -0.1) is 11.8 Å². The average molecular weight is 552 g/mol. The lowest BCUT2D eigenvalue weighted by Crippen LogP contribution is -2.58. The first-order chi connectivity index (χ1) is 18.6. The lowest BCUT2D eigenvalue weighted by Gasteiger charge is -2.46. The van der Waals surface area contributed by atoms with Crippen molar-refractivity contribution in [3.63, 3.8) is 0 Å². The Hall–Kier alpha value is -2.51. The summed E-state index contributed by atoms with van der Waals surface area (Å²) in [7, 11) is 0. The van der Waals surface area contributed by atoms with Crippen LogP contribution in [0.25, 0.3) is 0 Å². The number of phenolic OH excluding ortho intramolecular Hbond substituents is 1. The smallest absolute Gasteiger partial charge is 0.251 e. The molecular formula is C32H45N3O3S. The fraction of sp³-hybridized carbons (Fsp3) is 0.562. The zero-order valence-corrected chi connectivity index (χ0v) is 24.7. The van der Waals surface area contributed by atoms with E-state index in [2.05, 4.69) is 27.7 Å². The number of carbonyl (C=O) groups excluding carboxylic acids is 2. The lowest BCUT2D eigenvalue weighted by atomic mass is 9.72. The van der Waals surface area contributed by atoms with Gasteiger partial charge in [-0.2, -0.15) is 0 Å². The zero-order valence-electron chi connectivity index (χ0n) is 23.9. The summed E-state index contributed by atoms with van der Waals surface area (Å²) in [6, 6.07) is 15.1. The van der Waals surface area contributed by atoms with Crippen LogP contribution in [-0.2, 0) is 4.79 Å². The van der Waals surface area contributed by atoms with Crippen molar-refractivity contribution in [2.45, 2.75) is 88.7 Å². The molecule has 7 heteroatoms. The Morgan fingerprint density at radius 3 is 2.49 bits per heavy atom. The van der Waals surface area contributed by atoms with E-state index in [1.807, 2.05) is 39.0 Å². The van der Waals surface area contributed by atoms with E-state index < -0.39 is 0 Å². The number of aromatic hydroxyl groups is 1. The number of fused-ring (bicyclic) bond motifs is 1. The minimum absolute atomic E-state index is 0.0835. The number of benzene rings is 2. The van der Waals surface area contributed by atoms with E-state index in [-0.39, 0.29) is 35.2 Å². The second-order valence-electron chi connectivity index (χ2n) is 12.3. The van der Waals surface area contributed by atoms with Gasteiger partial charge >= 0.3 is 0 Å². The molecule has 0 bridgehead atoms. The molecular weight excluding hydrogens is 506 g/mol. The Morgan fingerprint density at radius 1 is 1.05 bits per heavy atom. The van der Waals surface area contributed by atoms with Crippen LogP contribution in [0.5, 0.6) is 5.75 Å². The Bertz CT molecular complexity index is 1120. The predicted molar refractivity (Wildman–Crippen MR) is 159 cm³/mol. The van der Waals surface area contributed by atoms with Crippen LogP contribution in [0.1, 0.15) is 75.2 Å². The number of carbonyl (C=O) groups is 2. The molecule has 2 aliphatic rings. The van der Waals surface area contributed by atoms with Gasteiger partial charge in [-0.3, -0.25) is 14.5 Å². The quantitative estimate of drug-likeness (QED) is 0.345. The first-order valence-electron chi connectivity index (χ1n) is 14.4. The molecule has 2 aromatic carbocycles. The average Bonchev–Trinajstić information content (AvgIpc) is 2.90. The third-order valence-electron chi connectivity index (χ3n) is 8.15. The second kappa shape index (κ2) is 13.2. The number of thioether (sulfide) groups is 1. The minimum Gasteiger partial charge on any atom is -0.508 e. The van der Waals surface area contributed by atoms with E-state index in [4.69, 9.17) is 0 Å². The number of phenols is 1. The molecule has 212 valence electrons. The van der Waals surface area contributed by atoms with Crippen LogP contribution in [0.2, 0.25) is 0 Å². The molecule has 0 aromatic heterocycles. The third kappa shape index (κ3) is 8.24. The Morgan fingerprint density at radius 2 is 1.77 bits per heavy atom.